The Labute approximate surface area is 108 Å². The number of rotatable bonds is 3. The van der Waals surface area contributed by atoms with Gasteiger partial charge in [0, 0.05) is 19.7 Å². The monoisotopic (exact) mass is 247 g/mol. The van der Waals surface area contributed by atoms with Crippen LogP contribution in [-0.4, -0.2) is 17.9 Å². The highest BCUT2D eigenvalue weighted by atomic mass is 16.2. The molecule has 0 aromatic carbocycles. The molecule has 0 saturated heterocycles. The number of aromatic nitrogens is 1. The van der Waals surface area contributed by atoms with E-state index in [1.54, 1.807) is 30.4 Å². The average Bonchev–Trinajstić information content (AvgIpc) is 2.39. The molecule has 1 amide bonds. The lowest BCUT2D eigenvalue weighted by molar-refractivity contribution is -0.119. The summed E-state index contributed by atoms with van der Waals surface area (Å²) >= 11 is 0. The topological polar surface area (TPSA) is 59.2 Å². The highest BCUT2D eigenvalue weighted by Gasteiger charge is 2.20. The number of pyridine rings is 1. The van der Waals surface area contributed by atoms with Gasteiger partial charge in [0.25, 0.3) is 0 Å². The summed E-state index contributed by atoms with van der Waals surface area (Å²) in [5, 5.41) is 0. The summed E-state index contributed by atoms with van der Waals surface area (Å²) in [6.45, 7) is 0. The van der Waals surface area contributed by atoms with Crippen LogP contribution in [-0.2, 0) is 4.79 Å². The number of anilines is 2. The summed E-state index contributed by atoms with van der Waals surface area (Å²) in [6, 6.07) is 1.79. The van der Waals surface area contributed by atoms with Gasteiger partial charge < -0.3 is 10.6 Å². The number of carbonyl (C=O) groups is 1. The Bertz CT molecular complexity index is 413. The zero-order valence-corrected chi connectivity index (χ0v) is 10.9. The van der Waals surface area contributed by atoms with E-state index in [0.29, 0.717) is 18.0 Å². The fraction of sp³-hybridized carbons (Fsp3) is 0.571. The van der Waals surface area contributed by atoms with Crippen LogP contribution in [0.25, 0.3) is 0 Å². The largest absolute Gasteiger partial charge is 0.396 e. The van der Waals surface area contributed by atoms with Crippen LogP contribution in [0.2, 0.25) is 0 Å². The van der Waals surface area contributed by atoms with Crippen molar-refractivity contribution in [1.29, 1.82) is 0 Å². The van der Waals surface area contributed by atoms with Crippen LogP contribution in [0.4, 0.5) is 11.4 Å². The van der Waals surface area contributed by atoms with Gasteiger partial charge in [-0.15, -0.1) is 0 Å². The Kier molecular flexibility index (Phi) is 4.18. The summed E-state index contributed by atoms with van der Waals surface area (Å²) in [6.07, 6.45) is 10.1. The van der Waals surface area contributed by atoms with E-state index in [1.165, 1.54) is 32.1 Å². The minimum atomic E-state index is 0.153. The molecule has 0 bridgehead atoms. The molecule has 1 fully saturated rings. The van der Waals surface area contributed by atoms with E-state index in [2.05, 4.69) is 4.98 Å². The molecular weight excluding hydrogens is 226 g/mol. The van der Waals surface area contributed by atoms with Crippen molar-refractivity contribution < 1.29 is 4.79 Å². The van der Waals surface area contributed by atoms with Crippen molar-refractivity contribution in [2.75, 3.05) is 17.7 Å². The molecule has 1 aromatic heterocycles. The Balaban J connectivity index is 1.98. The quantitative estimate of drug-likeness (QED) is 0.893. The van der Waals surface area contributed by atoms with Crippen molar-refractivity contribution in [2.45, 2.75) is 38.5 Å². The fourth-order valence-corrected chi connectivity index (χ4v) is 2.61. The maximum atomic E-state index is 12.2. The summed E-state index contributed by atoms with van der Waals surface area (Å²) in [5.74, 6) is 0.705. The van der Waals surface area contributed by atoms with Crippen LogP contribution >= 0.6 is 0 Å². The molecule has 98 valence electrons. The number of hydrogen-bond donors (Lipinski definition) is 1. The van der Waals surface area contributed by atoms with E-state index in [9.17, 15) is 4.79 Å². The van der Waals surface area contributed by atoms with E-state index < -0.39 is 0 Å². The van der Waals surface area contributed by atoms with E-state index in [1.807, 2.05) is 0 Å². The summed E-state index contributed by atoms with van der Waals surface area (Å²) in [5.41, 5.74) is 7.14. The first-order chi connectivity index (χ1) is 8.68. The average molecular weight is 247 g/mol. The highest BCUT2D eigenvalue weighted by Crippen LogP contribution is 2.28. The fourth-order valence-electron chi connectivity index (χ4n) is 2.61. The van der Waals surface area contributed by atoms with Crippen LogP contribution in [0.5, 0.6) is 0 Å². The first-order valence-corrected chi connectivity index (χ1v) is 6.64. The number of carbonyl (C=O) groups excluding carboxylic acids is 1. The zero-order chi connectivity index (χ0) is 13.0. The number of nitrogens with two attached hydrogens (primary N) is 1. The van der Waals surface area contributed by atoms with E-state index >= 15 is 0 Å². The number of amides is 1. The number of hydrogen-bond acceptors (Lipinski definition) is 3. The van der Waals surface area contributed by atoms with Crippen LogP contribution < -0.4 is 10.6 Å². The lowest BCUT2D eigenvalue weighted by atomic mass is 9.86. The van der Waals surface area contributed by atoms with Gasteiger partial charge in [0.1, 0.15) is 0 Å². The van der Waals surface area contributed by atoms with Crippen LogP contribution in [0.1, 0.15) is 38.5 Å². The highest BCUT2D eigenvalue weighted by molar-refractivity contribution is 5.95. The van der Waals surface area contributed by atoms with E-state index in [-0.39, 0.29) is 5.91 Å². The Morgan fingerprint density at radius 3 is 2.83 bits per heavy atom. The summed E-state index contributed by atoms with van der Waals surface area (Å²) in [4.78, 5) is 17.8. The second kappa shape index (κ2) is 5.85. The standard InChI is InChI=1S/C14H21N3O/c1-17(13-7-8-16-10-12(13)15)14(18)9-11-5-3-2-4-6-11/h7-8,10-11H,2-6,9,15H2,1H3. The van der Waals surface area contributed by atoms with Crippen LogP contribution in [0.15, 0.2) is 18.5 Å². The summed E-state index contributed by atoms with van der Waals surface area (Å²) in [7, 11) is 1.79. The van der Waals surface area contributed by atoms with Gasteiger partial charge >= 0.3 is 0 Å². The van der Waals surface area contributed by atoms with Crippen molar-refractivity contribution in [3.05, 3.63) is 18.5 Å². The lowest BCUT2D eigenvalue weighted by Crippen LogP contribution is -2.29. The van der Waals surface area contributed by atoms with Crippen molar-refractivity contribution in [3.8, 4) is 0 Å². The van der Waals surface area contributed by atoms with Gasteiger partial charge in [-0.1, -0.05) is 19.3 Å². The molecule has 0 unspecified atom stereocenters. The van der Waals surface area contributed by atoms with E-state index in [0.717, 1.165) is 5.69 Å². The second-order valence-electron chi connectivity index (χ2n) is 5.10. The zero-order valence-electron chi connectivity index (χ0n) is 10.9. The molecule has 18 heavy (non-hydrogen) atoms. The third-order valence-electron chi connectivity index (χ3n) is 3.75. The lowest BCUT2D eigenvalue weighted by Gasteiger charge is -2.24. The molecule has 1 aliphatic rings. The Hall–Kier alpha value is -1.58. The Morgan fingerprint density at radius 1 is 1.44 bits per heavy atom. The molecule has 0 spiro atoms. The van der Waals surface area contributed by atoms with Gasteiger partial charge in [0.15, 0.2) is 0 Å². The summed E-state index contributed by atoms with van der Waals surface area (Å²) < 4.78 is 0. The van der Waals surface area contributed by atoms with Crippen molar-refractivity contribution >= 4 is 17.3 Å². The van der Waals surface area contributed by atoms with Crippen molar-refractivity contribution in [2.24, 2.45) is 5.92 Å². The van der Waals surface area contributed by atoms with Crippen LogP contribution in [0.3, 0.4) is 0 Å². The smallest absolute Gasteiger partial charge is 0.227 e. The Morgan fingerprint density at radius 2 is 2.17 bits per heavy atom. The SMILES string of the molecule is CN(C(=O)CC1CCCCC1)c1ccncc1N. The molecule has 1 heterocycles. The molecular formula is C14H21N3O. The minimum Gasteiger partial charge on any atom is -0.396 e. The third kappa shape index (κ3) is 3.00. The van der Waals surface area contributed by atoms with Gasteiger partial charge in [-0.3, -0.25) is 9.78 Å². The van der Waals surface area contributed by atoms with Gasteiger partial charge in [-0.2, -0.15) is 0 Å². The van der Waals surface area contributed by atoms with E-state index in [4.69, 9.17) is 5.73 Å². The van der Waals surface area contributed by atoms with Crippen molar-refractivity contribution in [3.63, 3.8) is 0 Å². The molecule has 0 aliphatic heterocycles. The molecule has 1 aliphatic carbocycles. The number of nitrogen functional groups attached to an aromatic ring is 1. The molecule has 1 saturated carbocycles. The van der Waals surface area contributed by atoms with Gasteiger partial charge in [-0.05, 0) is 24.8 Å². The number of nitrogens with zero attached hydrogens (tertiary/aromatic N) is 2. The third-order valence-corrected chi connectivity index (χ3v) is 3.75. The van der Waals surface area contributed by atoms with Crippen LogP contribution in [0, 0.1) is 5.92 Å². The van der Waals surface area contributed by atoms with Gasteiger partial charge in [0.2, 0.25) is 5.91 Å². The normalized spacial score (nSPS) is 16.5. The molecule has 4 heteroatoms. The minimum absolute atomic E-state index is 0.153. The molecule has 0 radical (unpaired) electrons. The predicted octanol–water partition coefficient (Wildman–Crippen LogP) is 2.60. The van der Waals surface area contributed by atoms with Gasteiger partial charge in [-0.25, -0.2) is 0 Å². The second-order valence-corrected chi connectivity index (χ2v) is 5.10. The molecule has 4 nitrogen and oxygen atoms in total. The predicted molar refractivity (Wildman–Crippen MR) is 73.3 cm³/mol. The first kappa shape index (κ1) is 12.9. The molecule has 0 atom stereocenters. The molecule has 2 rings (SSSR count). The molecule has 1 aromatic rings. The van der Waals surface area contributed by atoms with Crippen molar-refractivity contribution in [1.82, 2.24) is 4.98 Å². The van der Waals surface area contributed by atoms with Gasteiger partial charge in [0.05, 0.1) is 17.6 Å². The first-order valence-electron chi connectivity index (χ1n) is 6.64. The maximum absolute atomic E-state index is 12.2. The maximum Gasteiger partial charge on any atom is 0.227 e. The molecule has 2 N–H and O–H groups in total.